The number of benzene rings is 3. The Morgan fingerprint density at radius 2 is 1.77 bits per heavy atom. The molecule has 0 unspecified atom stereocenters. The van der Waals surface area contributed by atoms with Gasteiger partial charge >= 0.3 is 0 Å². The highest BCUT2D eigenvalue weighted by atomic mass is 32.2. The van der Waals surface area contributed by atoms with E-state index in [1.165, 1.54) is 0 Å². The fourth-order valence-corrected chi connectivity index (χ4v) is 7.69. The van der Waals surface area contributed by atoms with E-state index in [0.29, 0.717) is 24.7 Å². The number of amides is 2. The molecule has 0 radical (unpaired) electrons. The second kappa shape index (κ2) is 8.53. The predicted molar refractivity (Wildman–Crippen MR) is 152 cm³/mol. The maximum Gasteiger partial charge on any atom is 0.258 e. The van der Waals surface area contributed by atoms with Crippen LogP contribution < -0.4 is 15.1 Å². The lowest BCUT2D eigenvalue weighted by Gasteiger charge is -2.47. The summed E-state index contributed by atoms with van der Waals surface area (Å²) in [5, 5.41) is 5.37. The van der Waals surface area contributed by atoms with Crippen molar-refractivity contribution in [1.82, 2.24) is 10.2 Å². The molecule has 1 N–H and O–H groups in total. The van der Waals surface area contributed by atoms with Crippen molar-refractivity contribution < 1.29 is 18.0 Å². The number of aryl methyl sites for hydroxylation is 1. The van der Waals surface area contributed by atoms with Gasteiger partial charge in [0.05, 0.1) is 22.7 Å². The van der Waals surface area contributed by atoms with Crippen LogP contribution in [0.3, 0.4) is 0 Å². The van der Waals surface area contributed by atoms with E-state index in [9.17, 15) is 18.0 Å². The van der Waals surface area contributed by atoms with E-state index in [-0.39, 0.29) is 23.3 Å². The molecular formula is C30H32N4O4S. The van der Waals surface area contributed by atoms with Gasteiger partial charge in [-0.2, -0.15) is 0 Å². The largest absolute Gasteiger partial charge is 0.368 e. The maximum absolute atomic E-state index is 13.7. The van der Waals surface area contributed by atoms with E-state index in [2.05, 4.69) is 33.3 Å². The highest BCUT2D eigenvalue weighted by Crippen LogP contribution is 2.50. The molecule has 3 fully saturated rings. The molecule has 0 aromatic heterocycles. The van der Waals surface area contributed by atoms with Crippen LogP contribution in [0.5, 0.6) is 0 Å². The van der Waals surface area contributed by atoms with Gasteiger partial charge in [-0.1, -0.05) is 24.3 Å². The Kier molecular flexibility index (Phi) is 5.38. The van der Waals surface area contributed by atoms with Crippen molar-refractivity contribution >= 4 is 43.8 Å². The summed E-state index contributed by atoms with van der Waals surface area (Å²) in [4.78, 5) is 32.6. The summed E-state index contributed by atoms with van der Waals surface area (Å²) >= 11 is 0. The number of sulfone groups is 1. The minimum absolute atomic E-state index is 0.00706. The number of nitrogens with one attached hydrogen (secondary N) is 1. The second-order valence-corrected chi connectivity index (χ2v) is 13.8. The first-order chi connectivity index (χ1) is 18.7. The van der Waals surface area contributed by atoms with Gasteiger partial charge in [0, 0.05) is 61.5 Å². The number of carbonyl (C=O) groups is 2. The molecule has 0 atom stereocenters. The number of hydrogen-bond donors (Lipinski definition) is 1. The molecule has 3 heterocycles. The lowest BCUT2D eigenvalue weighted by Crippen LogP contribution is -2.62. The van der Waals surface area contributed by atoms with Crippen molar-refractivity contribution in [1.29, 1.82) is 0 Å². The summed E-state index contributed by atoms with van der Waals surface area (Å²) in [6.45, 7) is 4.84. The Hall–Kier alpha value is -3.43. The molecule has 3 aromatic rings. The number of anilines is 2. The predicted octanol–water partition coefficient (Wildman–Crippen LogP) is 3.08. The Morgan fingerprint density at radius 1 is 1.03 bits per heavy atom. The van der Waals surface area contributed by atoms with Crippen molar-refractivity contribution in [2.24, 2.45) is 0 Å². The Morgan fingerprint density at radius 3 is 2.49 bits per heavy atom. The summed E-state index contributed by atoms with van der Waals surface area (Å²) in [5.41, 5.74) is 4.89. The first kappa shape index (κ1) is 24.6. The third-order valence-corrected chi connectivity index (χ3v) is 10.7. The molecule has 4 aliphatic rings. The zero-order valence-corrected chi connectivity index (χ0v) is 23.1. The third kappa shape index (κ3) is 3.93. The average molecular weight is 545 g/mol. The zero-order chi connectivity index (χ0) is 27.1. The number of carbonyl (C=O) groups excluding carboxylic acids is 2. The second-order valence-electron chi connectivity index (χ2n) is 11.5. The topological polar surface area (TPSA) is 90.0 Å². The summed E-state index contributed by atoms with van der Waals surface area (Å²) in [7, 11) is -1.08. The van der Waals surface area contributed by atoms with Crippen LogP contribution in [0.4, 0.5) is 11.4 Å². The quantitative estimate of drug-likeness (QED) is 0.531. The van der Waals surface area contributed by atoms with Gasteiger partial charge in [-0.05, 0) is 60.5 Å². The van der Waals surface area contributed by atoms with E-state index < -0.39 is 15.4 Å². The molecule has 3 aliphatic heterocycles. The van der Waals surface area contributed by atoms with Gasteiger partial charge < -0.3 is 15.1 Å². The van der Waals surface area contributed by atoms with Crippen molar-refractivity contribution in [2.45, 2.75) is 31.3 Å². The summed E-state index contributed by atoms with van der Waals surface area (Å²) < 4.78 is 23.5. The molecule has 7 rings (SSSR count). The van der Waals surface area contributed by atoms with Crippen LogP contribution in [-0.2, 0) is 15.4 Å². The minimum atomic E-state index is -2.88. The third-order valence-electron chi connectivity index (χ3n) is 9.12. The van der Waals surface area contributed by atoms with Crippen molar-refractivity contribution in [3.63, 3.8) is 0 Å². The molecule has 1 saturated carbocycles. The molecule has 1 aliphatic carbocycles. The van der Waals surface area contributed by atoms with Crippen LogP contribution in [0.1, 0.15) is 44.7 Å². The number of hydrogen-bond acceptors (Lipinski definition) is 6. The van der Waals surface area contributed by atoms with Gasteiger partial charge in [0.25, 0.3) is 11.8 Å². The van der Waals surface area contributed by atoms with Crippen molar-refractivity contribution in [3.05, 3.63) is 70.8 Å². The number of rotatable bonds is 5. The standard InChI is InChI=1S/C30H32N4O4S/c1-19-6-7-20(34-17-21(18-34)33-12-14-39(37,38)15-13-33)16-24(19)28(35)31-30(10-11-30)25-8-9-26-27-22(25)4-3-5-23(27)29(36)32(26)2/h3-9,16,21H,10-15,17-18H2,1-2H3,(H,31,35). The average Bonchev–Trinajstić information content (AvgIpc) is 3.62. The molecule has 0 spiro atoms. The highest BCUT2D eigenvalue weighted by Gasteiger charge is 2.47. The van der Waals surface area contributed by atoms with Crippen LogP contribution in [-0.4, -0.2) is 75.9 Å². The first-order valence-corrected chi connectivity index (χ1v) is 15.4. The molecule has 3 aromatic carbocycles. The van der Waals surface area contributed by atoms with Gasteiger partial charge in [0.15, 0.2) is 9.84 Å². The van der Waals surface area contributed by atoms with Crippen LogP contribution in [0.25, 0.3) is 10.8 Å². The monoisotopic (exact) mass is 544 g/mol. The van der Waals surface area contributed by atoms with Gasteiger partial charge in [-0.15, -0.1) is 0 Å². The molecule has 202 valence electrons. The molecular weight excluding hydrogens is 512 g/mol. The molecule has 2 amide bonds. The van der Waals surface area contributed by atoms with Gasteiger partial charge in [-0.3, -0.25) is 14.5 Å². The molecule has 8 nitrogen and oxygen atoms in total. The summed E-state index contributed by atoms with van der Waals surface area (Å²) in [6.07, 6.45) is 1.72. The van der Waals surface area contributed by atoms with Crippen molar-refractivity contribution in [2.75, 3.05) is 54.5 Å². The van der Waals surface area contributed by atoms with Crippen LogP contribution in [0, 0.1) is 6.92 Å². The lowest BCUT2D eigenvalue weighted by atomic mass is 9.94. The number of nitrogens with zero attached hydrogens (tertiary/aromatic N) is 3. The minimum Gasteiger partial charge on any atom is -0.368 e. The van der Waals surface area contributed by atoms with E-state index >= 15 is 0 Å². The lowest BCUT2D eigenvalue weighted by molar-refractivity contribution is 0.0929. The summed E-state index contributed by atoms with van der Waals surface area (Å²) in [6, 6.07) is 16.3. The van der Waals surface area contributed by atoms with E-state index in [4.69, 9.17) is 0 Å². The Labute approximate surface area is 228 Å². The van der Waals surface area contributed by atoms with Crippen LogP contribution in [0.15, 0.2) is 48.5 Å². The fraction of sp³-hybridized carbons (Fsp3) is 0.400. The van der Waals surface area contributed by atoms with Gasteiger partial charge in [-0.25, -0.2) is 8.42 Å². The Balaban J connectivity index is 1.10. The smallest absolute Gasteiger partial charge is 0.258 e. The molecule has 2 saturated heterocycles. The molecule has 39 heavy (non-hydrogen) atoms. The SMILES string of the molecule is Cc1ccc(N2CC(N3CCS(=O)(=O)CC3)C2)cc1C(=O)NC1(c2ccc3c4c(cccc24)C(=O)N3C)CC1. The molecule has 0 bridgehead atoms. The maximum atomic E-state index is 13.7. The highest BCUT2D eigenvalue weighted by molar-refractivity contribution is 7.91. The van der Waals surface area contributed by atoms with Crippen LogP contribution in [0.2, 0.25) is 0 Å². The van der Waals surface area contributed by atoms with Crippen LogP contribution >= 0.6 is 0 Å². The fourth-order valence-electron chi connectivity index (χ4n) is 6.46. The van der Waals surface area contributed by atoms with E-state index in [1.54, 1.807) is 11.9 Å². The summed E-state index contributed by atoms with van der Waals surface area (Å²) in [5.74, 6) is 0.410. The first-order valence-electron chi connectivity index (χ1n) is 13.6. The zero-order valence-electron chi connectivity index (χ0n) is 22.2. The van der Waals surface area contributed by atoms with Gasteiger partial charge in [0.2, 0.25) is 0 Å². The van der Waals surface area contributed by atoms with Crippen molar-refractivity contribution in [3.8, 4) is 0 Å². The van der Waals surface area contributed by atoms with E-state index in [0.717, 1.165) is 64.8 Å². The Bertz CT molecular complexity index is 1640. The van der Waals surface area contributed by atoms with Gasteiger partial charge in [0.1, 0.15) is 0 Å². The normalized spacial score (nSPS) is 21.7. The van der Waals surface area contributed by atoms with E-state index in [1.807, 2.05) is 37.3 Å². The molecule has 9 heteroatoms.